The molecule has 4 rings (SSSR count). The number of aliphatic imine (C=N–C) groups is 1. The molecule has 0 N–H and O–H groups in total. The van der Waals surface area contributed by atoms with Gasteiger partial charge in [0.05, 0.1) is 23.7 Å². The lowest BCUT2D eigenvalue weighted by Gasteiger charge is -2.27. The van der Waals surface area contributed by atoms with Gasteiger partial charge in [0.15, 0.2) is 11.4 Å². The summed E-state index contributed by atoms with van der Waals surface area (Å²) in [5.74, 6) is -0.854. The molecule has 0 fully saturated rings. The number of nitrogens with zero attached hydrogens (tertiary/aromatic N) is 4. The van der Waals surface area contributed by atoms with Crippen LogP contribution in [0.25, 0.3) is 5.65 Å². The van der Waals surface area contributed by atoms with Gasteiger partial charge in [-0.25, -0.2) is 13.9 Å². The number of fused-ring (bicyclic) bond motifs is 2. The van der Waals surface area contributed by atoms with Crippen LogP contribution in [0.1, 0.15) is 35.3 Å². The highest BCUT2D eigenvalue weighted by atomic mass is 79.9. The Bertz CT molecular complexity index is 1040. The Morgan fingerprint density at radius 3 is 2.83 bits per heavy atom. The smallest absolute Gasteiger partial charge is 0.193 e. The average molecular weight is 387 g/mol. The number of halogens is 2. The molecule has 0 radical (unpaired) electrons. The topological polar surface area (TPSA) is 59.6 Å². The first kappa shape index (κ1) is 15.1. The number of benzene rings is 1. The van der Waals surface area contributed by atoms with Crippen LogP contribution >= 0.6 is 15.9 Å². The van der Waals surface area contributed by atoms with E-state index in [4.69, 9.17) is 0 Å². The van der Waals surface area contributed by atoms with E-state index in [0.717, 1.165) is 4.60 Å². The Hall–Kier alpha value is -2.41. The highest BCUT2D eigenvalue weighted by molar-refractivity contribution is 9.10. The van der Waals surface area contributed by atoms with E-state index >= 15 is 0 Å². The number of Topliss-reactive ketones (excluding diaryl/α,β-unsaturated/α-hetero) is 1. The first-order valence-corrected chi connectivity index (χ1v) is 8.11. The van der Waals surface area contributed by atoms with Gasteiger partial charge in [0.1, 0.15) is 16.0 Å². The number of rotatable bonds is 1. The van der Waals surface area contributed by atoms with Crippen LogP contribution in [0.15, 0.2) is 46.3 Å². The van der Waals surface area contributed by atoms with Gasteiger partial charge in [-0.3, -0.25) is 9.79 Å². The predicted octanol–water partition coefficient (Wildman–Crippen LogP) is 3.44. The Kier molecular flexibility index (Phi) is 3.18. The van der Waals surface area contributed by atoms with E-state index in [-0.39, 0.29) is 11.3 Å². The van der Waals surface area contributed by atoms with Crippen LogP contribution in [-0.2, 0) is 0 Å². The molecule has 1 aliphatic rings. The quantitative estimate of drug-likeness (QED) is 0.643. The molecule has 0 spiro atoms. The molecule has 0 bridgehead atoms. The van der Waals surface area contributed by atoms with Crippen LogP contribution in [0.3, 0.4) is 0 Å². The molecule has 0 aliphatic carbocycles. The molecule has 1 aromatic carbocycles. The number of carbonyl (C=O) groups excluding carboxylic acids is 1. The third-order valence-electron chi connectivity index (χ3n) is 4.04. The molecular weight excluding hydrogens is 375 g/mol. The number of hydrogen-bond acceptors (Lipinski definition) is 4. The third-order valence-corrected chi connectivity index (χ3v) is 4.58. The highest BCUT2D eigenvalue weighted by Gasteiger charge is 2.37. The van der Waals surface area contributed by atoms with Crippen LogP contribution < -0.4 is 0 Å². The van der Waals surface area contributed by atoms with Crippen LogP contribution in [-0.4, -0.2) is 31.6 Å². The summed E-state index contributed by atoms with van der Waals surface area (Å²) in [4.78, 5) is 21.4. The Labute approximate surface area is 145 Å². The number of imidazole rings is 1. The second kappa shape index (κ2) is 5.04. The lowest BCUT2D eigenvalue weighted by Crippen LogP contribution is -2.37. The van der Waals surface area contributed by atoms with Gasteiger partial charge in [-0.05, 0) is 41.9 Å². The first-order chi connectivity index (χ1) is 11.4. The van der Waals surface area contributed by atoms with E-state index in [0.29, 0.717) is 22.5 Å². The molecule has 0 unspecified atom stereocenters. The largest absolute Gasteiger partial charge is 0.291 e. The molecule has 3 heterocycles. The Morgan fingerprint density at radius 2 is 2.04 bits per heavy atom. The number of hydrogen-bond donors (Lipinski definition) is 0. The van der Waals surface area contributed by atoms with Crippen molar-refractivity contribution >= 4 is 33.1 Å². The zero-order valence-corrected chi connectivity index (χ0v) is 14.5. The van der Waals surface area contributed by atoms with E-state index in [9.17, 15) is 9.18 Å². The van der Waals surface area contributed by atoms with Crippen LogP contribution in [0.2, 0.25) is 0 Å². The molecule has 0 saturated heterocycles. The standard InChI is InChI=1S/C17H12BrFN4O/c1-17(2)16(24)14-10(4-3-5-11(14)19)15(22-17)9-6-13-20-8-12(18)23(13)21-7-9/h3-8H,1-2H3. The van der Waals surface area contributed by atoms with Crippen molar-refractivity contribution in [3.63, 3.8) is 0 Å². The van der Waals surface area contributed by atoms with Gasteiger partial charge in [-0.15, -0.1) is 0 Å². The van der Waals surface area contributed by atoms with Crippen molar-refractivity contribution in [3.05, 3.63) is 63.8 Å². The van der Waals surface area contributed by atoms with E-state index in [1.165, 1.54) is 6.07 Å². The summed E-state index contributed by atoms with van der Waals surface area (Å²) < 4.78 is 16.7. The second-order valence-corrected chi connectivity index (χ2v) is 6.92. The van der Waals surface area contributed by atoms with E-state index < -0.39 is 11.4 Å². The maximum Gasteiger partial charge on any atom is 0.193 e. The fourth-order valence-electron chi connectivity index (χ4n) is 2.85. The fraction of sp³-hybridized carbons (Fsp3) is 0.176. The van der Waals surface area contributed by atoms with E-state index in [1.54, 1.807) is 42.9 Å². The normalized spacial score (nSPS) is 16.2. The lowest BCUT2D eigenvalue weighted by atomic mass is 9.84. The van der Waals surface area contributed by atoms with Crippen molar-refractivity contribution in [1.82, 2.24) is 14.6 Å². The number of ketones is 1. The zero-order chi connectivity index (χ0) is 17.1. The summed E-state index contributed by atoms with van der Waals surface area (Å²) in [6, 6.07) is 6.39. The van der Waals surface area contributed by atoms with Gasteiger partial charge in [0.2, 0.25) is 0 Å². The summed E-state index contributed by atoms with van der Waals surface area (Å²) >= 11 is 3.36. The number of carbonyl (C=O) groups is 1. The minimum atomic E-state index is -1.04. The zero-order valence-electron chi connectivity index (χ0n) is 12.9. The number of aromatic nitrogens is 3. The molecule has 3 aromatic rings. The van der Waals surface area contributed by atoms with E-state index in [2.05, 4.69) is 31.0 Å². The van der Waals surface area contributed by atoms with Crippen molar-refractivity contribution in [2.45, 2.75) is 19.4 Å². The molecular formula is C17H12BrFN4O. The molecule has 24 heavy (non-hydrogen) atoms. The maximum absolute atomic E-state index is 14.3. The van der Waals surface area contributed by atoms with E-state index in [1.807, 2.05) is 6.07 Å². The molecule has 0 saturated carbocycles. The summed E-state index contributed by atoms with van der Waals surface area (Å²) in [6.07, 6.45) is 3.29. The second-order valence-electron chi connectivity index (χ2n) is 6.11. The van der Waals surface area contributed by atoms with Crippen molar-refractivity contribution in [2.24, 2.45) is 4.99 Å². The molecule has 5 nitrogen and oxygen atoms in total. The minimum absolute atomic E-state index is 0.0805. The molecule has 2 aromatic heterocycles. The molecule has 0 atom stereocenters. The van der Waals surface area contributed by atoms with Gasteiger partial charge in [0, 0.05) is 11.1 Å². The monoisotopic (exact) mass is 386 g/mol. The average Bonchev–Trinajstić information content (AvgIpc) is 2.92. The van der Waals surface area contributed by atoms with Crippen molar-refractivity contribution < 1.29 is 9.18 Å². The summed E-state index contributed by atoms with van der Waals surface area (Å²) in [6.45, 7) is 3.37. The highest BCUT2D eigenvalue weighted by Crippen LogP contribution is 2.31. The first-order valence-electron chi connectivity index (χ1n) is 7.32. The SMILES string of the molecule is CC1(C)N=C(c2cnn3c(Br)cnc3c2)c2cccc(F)c2C1=O. The van der Waals surface area contributed by atoms with Crippen molar-refractivity contribution in [3.8, 4) is 0 Å². The molecule has 120 valence electrons. The summed E-state index contributed by atoms with van der Waals surface area (Å²) in [5, 5.41) is 4.33. The minimum Gasteiger partial charge on any atom is -0.291 e. The molecule has 1 aliphatic heterocycles. The van der Waals surface area contributed by atoms with Crippen molar-refractivity contribution in [1.29, 1.82) is 0 Å². The molecule has 0 amide bonds. The Balaban J connectivity index is 1.99. The van der Waals surface area contributed by atoms with Gasteiger partial charge in [-0.2, -0.15) is 5.10 Å². The van der Waals surface area contributed by atoms with Crippen LogP contribution in [0.5, 0.6) is 0 Å². The molecule has 7 heteroatoms. The Morgan fingerprint density at radius 1 is 1.25 bits per heavy atom. The van der Waals surface area contributed by atoms with Gasteiger partial charge in [0.25, 0.3) is 0 Å². The third kappa shape index (κ3) is 2.11. The van der Waals surface area contributed by atoms with Gasteiger partial charge < -0.3 is 0 Å². The van der Waals surface area contributed by atoms with Crippen molar-refractivity contribution in [2.75, 3.05) is 0 Å². The maximum atomic E-state index is 14.3. The fourth-order valence-corrected chi connectivity index (χ4v) is 3.22. The van der Waals surface area contributed by atoms with Crippen LogP contribution in [0.4, 0.5) is 4.39 Å². The summed E-state index contributed by atoms with van der Waals surface area (Å²) in [7, 11) is 0. The van der Waals surface area contributed by atoms with Gasteiger partial charge >= 0.3 is 0 Å². The van der Waals surface area contributed by atoms with Gasteiger partial charge in [-0.1, -0.05) is 12.1 Å². The summed E-state index contributed by atoms with van der Waals surface area (Å²) in [5.41, 5.74) is 1.39. The lowest BCUT2D eigenvalue weighted by molar-refractivity contribution is 0.0908. The van der Waals surface area contributed by atoms with Crippen LogP contribution in [0, 0.1) is 5.82 Å². The predicted molar refractivity (Wildman–Crippen MR) is 91.1 cm³/mol.